The fraction of sp³-hybridized carbons (Fsp3) is 0.342. The molecule has 5 aromatic rings. The Labute approximate surface area is 269 Å². The summed E-state index contributed by atoms with van der Waals surface area (Å²) in [5, 5.41) is 12.6. The van der Waals surface area contributed by atoms with Crippen molar-refractivity contribution in [3.63, 3.8) is 0 Å². The van der Waals surface area contributed by atoms with Crippen LogP contribution in [0.4, 0.5) is 0 Å². The van der Waals surface area contributed by atoms with Crippen molar-refractivity contribution < 1.29 is 19.4 Å². The number of halogens is 1. The number of hydrogen-bond donors (Lipinski definition) is 1. The van der Waals surface area contributed by atoms with Gasteiger partial charge in [-0.05, 0) is 74.2 Å². The second-order valence-corrected chi connectivity index (χ2v) is 13.4. The fourth-order valence-corrected chi connectivity index (χ4v) is 6.65. The van der Waals surface area contributed by atoms with Crippen molar-refractivity contribution in [3.05, 3.63) is 106 Å². The van der Waals surface area contributed by atoms with Gasteiger partial charge in [0, 0.05) is 52.0 Å². The molecule has 1 aliphatic carbocycles. The van der Waals surface area contributed by atoms with Crippen LogP contribution in [0.3, 0.4) is 0 Å². The quantitative estimate of drug-likeness (QED) is 0.140. The van der Waals surface area contributed by atoms with E-state index in [4.69, 9.17) is 21.3 Å². The van der Waals surface area contributed by atoms with Crippen LogP contribution in [-0.4, -0.2) is 26.4 Å². The lowest BCUT2D eigenvalue weighted by atomic mass is 9.85. The summed E-state index contributed by atoms with van der Waals surface area (Å²) in [5.74, 6) is 0.368. The Morgan fingerprint density at radius 2 is 1.76 bits per heavy atom. The number of fused-ring (bicyclic) bond motifs is 2. The van der Waals surface area contributed by atoms with Crippen molar-refractivity contribution in [2.75, 3.05) is 0 Å². The largest absolute Gasteiger partial charge is 0.487 e. The molecule has 0 bridgehead atoms. The van der Waals surface area contributed by atoms with Crippen LogP contribution < -0.4 is 4.74 Å². The predicted octanol–water partition coefficient (Wildman–Crippen LogP) is 9.28. The third-order valence-electron chi connectivity index (χ3n) is 9.16. The number of aromatic nitrogens is 2. The number of carbonyl (C=O) groups excluding carboxylic acids is 1. The van der Waals surface area contributed by atoms with E-state index >= 15 is 0 Å². The smallest absolute Gasteiger partial charge is 0.309 e. The summed E-state index contributed by atoms with van der Waals surface area (Å²) in [6.45, 7) is 4.20. The number of hydrogen-bond acceptors (Lipinski definition) is 4. The Balaban J connectivity index is 1.41. The summed E-state index contributed by atoms with van der Waals surface area (Å²) in [7, 11) is 0. The summed E-state index contributed by atoms with van der Waals surface area (Å²) in [5.41, 5.74) is 3.89. The highest BCUT2D eigenvalue weighted by molar-refractivity contribution is 6.30. The number of carboxylic acid groups (broad SMARTS) is 1. The number of ether oxygens (including phenoxy) is 1. The highest BCUT2D eigenvalue weighted by atomic mass is 35.5. The lowest BCUT2D eigenvalue weighted by Gasteiger charge is -2.22. The molecule has 0 saturated heterocycles. The molecule has 7 heteroatoms. The van der Waals surface area contributed by atoms with Crippen molar-refractivity contribution in [2.24, 2.45) is 11.3 Å². The second-order valence-electron chi connectivity index (χ2n) is 13.0. The number of Topliss-reactive ketones (excluding diaryl/α,β-unsaturated/α-hetero) is 1. The Kier molecular flexibility index (Phi) is 8.95. The molecule has 0 amide bonds. The summed E-state index contributed by atoms with van der Waals surface area (Å²) < 4.78 is 8.36. The summed E-state index contributed by atoms with van der Waals surface area (Å²) in [6.07, 6.45) is 6.31. The van der Waals surface area contributed by atoms with Gasteiger partial charge in [-0.25, -0.2) is 4.98 Å². The van der Waals surface area contributed by atoms with E-state index < -0.39 is 11.4 Å². The van der Waals surface area contributed by atoms with Crippen molar-refractivity contribution >= 4 is 45.2 Å². The number of nitrogens with zero attached hydrogens (tertiary/aromatic N) is 2. The van der Waals surface area contributed by atoms with Crippen LogP contribution in [0.25, 0.3) is 21.8 Å². The minimum absolute atomic E-state index is 0.0614. The van der Waals surface area contributed by atoms with E-state index in [2.05, 4.69) is 4.57 Å². The maximum Gasteiger partial charge on any atom is 0.309 e. The van der Waals surface area contributed by atoms with Gasteiger partial charge in [-0.1, -0.05) is 73.7 Å². The van der Waals surface area contributed by atoms with Crippen LogP contribution in [0.1, 0.15) is 79.7 Å². The minimum Gasteiger partial charge on any atom is -0.487 e. The molecule has 45 heavy (non-hydrogen) atoms. The van der Waals surface area contributed by atoms with Gasteiger partial charge in [0.1, 0.15) is 12.4 Å². The van der Waals surface area contributed by atoms with Crippen molar-refractivity contribution in [1.29, 1.82) is 0 Å². The molecule has 0 aliphatic heterocycles. The standard InChI is InChI=1S/C38H39ClN2O4/c1-38(2,37(43)44)22-34-36(35(42)20-13-25-7-3-4-8-25)31-21-30(45-24-29-17-14-27-9-5-6-10-32(27)40-29)18-19-33(31)41(34)23-26-11-15-28(39)16-12-26/h5-6,9-12,14-19,21,25H,3-4,7-8,13,20,22-24H2,1-2H3,(H,43,44). The zero-order valence-electron chi connectivity index (χ0n) is 25.9. The third kappa shape index (κ3) is 6.91. The molecule has 6 rings (SSSR count). The van der Waals surface area contributed by atoms with Crippen LogP contribution in [0.15, 0.2) is 78.9 Å². The number of carbonyl (C=O) groups is 2. The molecule has 232 valence electrons. The molecule has 2 heterocycles. The number of benzene rings is 3. The maximum absolute atomic E-state index is 14.2. The first-order valence-corrected chi connectivity index (χ1v) is 16.2. The van der Waals surface area contributed by atoms with Gasteiger partial charge in [0.05, 0.1) is 16.6 Å². The molecule has 3 aromatic carbocycles. The monoisotopic (exact) mass is 622 g/mol. The van der Waals surface area contributed by atoms with Crippen LogP contribution >= 0.6 is 11.6 Å². The molecular weight excluding hydrogens is 584 g/mol. The zero-order valence-corrected chi connectivity index (χ0v) is 26.6. The van der Waals surface area contributed by atoms with E-state index in [1.54, 1.807) is 13.8 Å². The van der Waals surface area contributed by atoms with Crippen LogP contribution in [-0.2, 0) is 24.4 Å². The molecule has 0 atom stereocenters. The molecule has 1 N–H and O–H groups in total. The normalized spacial score (nSPS) is 13.9. The molecule has 1 saturated carbocycles. The highest BCUT2D eigenvalue weighted by Gasteiger charge is 2.33. The Morgan fingerprint density at radius 1 is 1.00 bits per heavy atom. The zero-order chi connectivity index (χ0) is 31.6. The topological polar surface area (TPSA) is 81.4 Å². The third-order valence-corrected chi connectivity index (χ3v) is 9.41. The number of ketones is 1. The first kappa shape index (κ1) is 30.8. The molecule has 0 spiro atoms. The van der Waals surface area contributed by atoms with Gasteiger partial charge in [-0.2, -0.15) is 0 Å². The van der Waals surface area contributed by atoms with E-state index in [1.807, 2.05) is 78.9 Å². The number of aliphatic carboxylic acids is 1. The van der Waals surface area contributed by atoms with E-state index in [9.17, 15) is 14.7 Å². The van der Waals surface area contributed by atoms with Gasteiger partial charge in [0.15, 0.2) is 5.78 Å². The first-order valence-electron chi connectivity index (χ1n) is 15.8. The molecular formula is C38H39ClN2O4. The molecule has 6 nitrogen and oxygen atoms in total. The highest BCUT2D eigenvalue weighted by Crippen LogP contribution is 2.37. The van der Waals surface area contributed by atoms with Gasteiger partial charge in [0.2, 0.25) is 0 Å². The Bertz CT molecular complexity index is 1850. The van der Waals surface area contributed by atoms with Gasteiger partial charge in [-0.15, -0.1) is 0 Å². The number of carboxylic acids is 1. The van der Waals surface area contributed by atoms with Gasteiger partial charge >= 0.3 is 5.97 Å². The average molecular weight is 623 g/mol. The van der Waals surface area contributed by atoms with Crippen LogP contribution in [0.5, 0.6) is 5.75 Å². The fourth-order valence-electron chi connectivity index (χ4n) is 6.52. The van der Waals surface area contributed by atoms with Gasteiger partial charge < -0.3 is 14.4 Å². The molecule has 0 unspecified atom stereocenters. The van der Waals surface area contributed by atoms with Gasteiger partial charge in [-0.3, -0.25) is 9.59 Å². The Morgan fingerprint density at radius 3 is 2.51 bits per heavy atom. The first-order chi connectivity index (χ1) is 21.7. The van der Waals surface area contributed by atoms with Crippen LogP contribution in [0.2, 0.25) is 5.02 Å². The molecule has 0 radical (unpaired) electrons. The summed E-state index contributed by atoms with van der Waals surface area (Å²) in [4.78, 5) is 31.3. The molecule has 1 fully saturated rings. The minimum atomic E-state index is -1.08. The van der Waals surface area contributed by atoms with E-state index in [0.717, 1.165) is 45.2 Å². The van der Waals surface area contributed by atoms with E-state index in [-0.39, 0.29) is 18.8 Å². The number of rotatable bonds is 12. The predicted molar refractivity (Wildman–Crippen MR) is 179 cm³/mol. The second kappa shape index (κ2) is 13.1. The van der Waals surface area contributed by atoms with Gasteiger partial charge in [0.25, 0.3) is 0 Å². The van der Waals surface area contributed by atoms with E-state index in [0.29, 0.717) is 35.2 Å². The Hall–Kier alpha value is -4.16. The van der Waals surface area contributed by atoms with Crippen molar-refractivity contribution in [2.45, 2.75) is 71.9 Å². The summed E-state index contributed by atoms with van der Waals surface area (Å²) in [6, 6.07) is 25.5. The molecule has 2 aromatic heterocycles. The average Bonchev–Trinajstić information content (AvgIpc) is 3.66. The summed E-state index contributed by atoms with van der Waals surface area (Å²) >= 11 is 6.18. The SMILES string of the molecule is CC(C)(Cc1c(C(=O)CCC2CCCC2)c2cc(OCc3ccc4ccccc4n3)ccc2n1Cc1ccc(Cl)cc1)C(=O)O. The lowest BCUT2D eigenvalue weighted by molar-refractivity contribution is -0.146. The maximum atomic E-state index is 14.2. The lowest BCUT2D eigenvalue weighted by Crippen LogP contribution is -2.28. The van der Waals surface area contributed by atoms with Crippen molar-refractivity contribution in [1.82, 2.24) is 9.55 Å². The number of para-hydroxylation sites is 1. The van der Waals surface area contributed by atoms with Crippen molar-refractivity contribution in [3.8, 4) is 5.75 Å². The van der Waals surface area contributed by atoms with E-state index in [1.165, 1.54) is 25.7 Å². The number of pyridine rings is 1. The van der Waals surface area contributed by atoms with Crippen LogP contribution in [0, 0.1) is 11.3 Å². The molecule has 1 aliphatic rings.